The third-order valence-electron chi connectivity index (χ3n) is 3.52. The SMILES string of the molecule is c1cc(OCC2CO2)cc(Sc2cccc(OCC3CO3)c2)c1. The summed E-state index contributed by atoms with van der Waals surface area (Å²) in [5.74, 6) is 1.76. The summed E-state index contributed by atoms with van der Waals surface area (Å²) in [5.41, 5.74) is 0. The second-order valence-corrected chi connectivity index (χ2v) is 6.73. The highest BCUT2D eigenvalue weighted by molar-refractivity contribution is 7.99. The molecule has 0 aliphatic carbocycles. The molecule has 2 aliphatic heterocycles. The van der Waals surface area contributed by atoms with E-state index in [2.05, 4.69) is 24.3 Å². The van der Waals surface area contributed by atoms with Crippen LogP contribution >= 0.6 is 11.8 Å². The van der Waals surface area contributed by atoms with Crippen molar-refractivity contribution in [2.24, 2.45) is 0 Å². The molecule has 2 aromatic rings. The lowest BCUT2D eigenvalue weighted by atomic mass is 10.3. The lowest BCUT2D eigenvalue weighted by molar-refractivity contribution is 0.262. The minimum absolute atomic E-state index is 0.274. The summed E-state index contributed by atoms with van der Waals surface area (Å²) in [4.78, 5) is 2.28. The van der Waals surface area contributed by atoms with Gasteiger partial charge < -0.3 is 18.9 Å². The number of epoxide rings is 2. The molecular weight excluding hydrogens is 312 g/mol. The van der Waals surface area contributed by atoms with Crippen LogP contribution in [-0.2, 0) is 9.47 Å². The number of benzene rings is 2. The van der Waals surface area contributed by atoms with E-state index in [0.717, 1.165) is 34.5 Å². The van der Waals surface area contributed by atoms with Crippen LogP contribution in [0.25, 0.3) is 0 Å². The van der Waals surface area contributed by atoms with Gasteiger partial charge in [-0.05, 0) is 36.4 Å². The normalized spacial score (nSPS) is 21.7. The van der Waals surface area contributed by atoms with Gasteiger partial charge in [0.05, 0.1) is 13.2 Å². The maximum atomic E-state index is 5.73. The van der Waals surface area contributed by atoms with Crippen LogP contribution in [0.4, 0.5) is 0 Å². The van der Waals surface area contributed by atoms with E-state index in [1.54, 1.807) is 11.8 Å². The van der Waals surface area contributed by atoms with Crippen LogP contribution in [0.15, 0.2) is 58.3 Å². The molecule has 0 aromatic heterocycles. The first-order valence-corrected chi connectivity index (χ1v) is 8.53. The molecule has 4 nitrogen and oxygen atoms in total. The maximum absolute atomic E-state index is 5.73. The van der Waals surface area contributed by atoms with Crippen LogP contribution in [-0.4, -0.2) is 38.6 Å². The van der Waals surface area contributed by atoms with Crippen molar-refractivity contribution in [3.05, 3.63) is 48.5 Å². The number of hydrogen-bond donors (Lipinski definition) is 0. The second-order valence-electron chi connectivity index (χ2n) is 5.58. The monoisotopic (exact) mass is 330 g/mol. The molecule has 2 heterocycles. The Kier molecular flexibility index (Phi) is 4.41. The van der Waals surface area contributed by atoms with E-state index in [0.29, 0.717) is 13.2 Å². The van der Waals surface area contributed by atoms with E-state index < -0.39 is 0 Å². The van der Waals surface area contributed by atoms with E-state index in [-0.39, 0.29) is 12.2 Å². The average Bonchev–Trinajstić information content (AvgIpc) is 3.47. The number of ether oxygens (including phenoxy) is 4. The first-order valence-electron chi connectivity index (χ1n) is 7.72. The minimum atomic E-state index is 0.274. The number of hydrogen-bond acceptors (Lipinski definition) is 5. The summed E-state index contributed by atoms with van der Waals surface area (Å²) in [7, 11) is 0. The molecule has 120 valence electrons. The first-order chi connectivity index (χ1) is 11.3. The Morgan fingerprint density at radius 2 is 1.30 bits per heavy atom. The maximum Gasteiger partial charge on any atom is 0.120 e. The third kappa shape index (κ3) is 4.64. The highest BCUT2D eigenvalue weighted by Crippen LogP contribution is 2.32. The van der Waals surface area contributed by atoms with Gasteiger partial charge in [-0.15, -0.1) is 0 Å². The van der Waals surface area contributed by atoms with Crippen molar-refractivity contribution in [1.29, 1.82) is 0 Å². The van der Waals surface area contributed by atoms with Gasteiger partial charge in [0, 0.05) is 9.79 Å². The standard InChI is InChI=1S/C18H18O4S/c1-3-13(19-9-15-11-21-15)7-17(5-1)23-18-6-2-4-14(8-18)20-10-16-12-22-16/h1-8,15-16H,9-12H2. The Morgan fingerprint density at radius 3 is 1.74 bits per heavy atom. The molecule has 0 N–H and O–H groups in total. The van der Waals surface area contributed by atoms with Gasteiger partial charge in [-0.25, -0.2) is 0 Å². The van der Waals surface area contributed by atoms with Gasteiger partial charge in [-0.2, -0.15) is 0 Å². The smallest absolute Gasteiger partial charge is 0.120 e. The topological polar surface area (TPSA) is 43.5 Å². The molecule has 23 heavy (non-hydrogen) atoms. The summed E-state index contributed by atoms with van der Waals surface area (Å²) < 4.78 is 21.8. The van der Waals surface area contributed by atoms with Crippen molar-refractivity contribution in [2.75, 3.05) is 26.4 Å². The van der Waals surface area contributed by atoms with Gasteiger partial charge in [0.25, 0.3) is 0 Å². The Hall–Kier alpha value is -1.69. The van der Waals surface area contributed by atoms with Crippen molar-refractivity contribution in [1.82, 2.24) is 0 Å². The van der Waals surface area contributed by atoms with E-state index in [1.807, 2.05) is 24.3 Å². The molecule has 0 bridgehead atoms. The second kappa shape index (κ2) is 6.83. The fourth-order valence-electron chi connectivity index (χ4n) is 2.10. The zero-order chi connectivity index (χ0) is 15.5. The van der Waals surface area contributed by atoms with Gasteiger partial charge in [-0.3, -0.25) is 0 Å². The van der Waals surface area contributed by atoms with Gasteiger partial charge in [0.1, 0.15) is 36.9 Å². The summed E-state index contributed by atoms with van der Waals surface area (Å²) in [6.45, 7) is 2.88. The average molecular weight is 330 g/mol. The van der Waals surface area contributed by atoms with Gasteiger partial charge in [0.2, 0.25) is 0 Å². The van der Waals surface area contributed by atoms with Crippen LogP contribution in [0.1, 0.15) is 0 Å². The van der Waals surface area contributed by atoms with Crippen molar-refractivity contribution < 1.29 is 18.9 Å². The summed E-state index contributed by atoms with van der Waals surface area (Å²) >= 11 is 1.69. The molecule has 2 aliphatic rings. The van der Waals surface area contributed by atoms with Crippen LogP contribution in [0.2, 0.25) is 0 Å². The molecule has 0 amide bonds. The van der Waals surface area contributed by atoms with Crippen molar-refractivity contribution in [2.45, 2.75) is 22.0 Å². The van der Waals surface area contributed by atoms with Crippen molar-refractivity contribution in [3.8, 4) is 11.5 Å². The molecule has 2 fully saturated rings. The molecule has 5 heteroatoms. The van der Waals surface area contributed by atoms with E-state index in [9.17, 15) is 0 Å². The van der Waals surface area contributed by atoms with Crippen LogP contribution in [0.5, 0.6) is 11.5 Å². The van der Waals surface area contributed by atoms with Gasteiger partial charge in [-0.1, -0.05) is 23.9 Å². The third-order valence-corrected chi connectivity index (χ3v) is 4.50. The molecule has 0 saturated carbocycles. The molecular formula is C18H18O4S. The lowest BCUT2D eigenvalue weighted by Crippen LogP contribution is -2.04. The lowest BCUT2D eigenvalue weighted by Gasteiger charge is -2.08. The summed E-state index contributed by atoms with van der Waals surface area (Å²) in [6.07, 6.45) is 0.547. The zero-order valence-corrected chi connectivity index (χ0v) is 13.5. The van der Waals surface area contributed by atoms with E-state index >= 15 is 0 Å². The molecule has 0 spiro atoms. The fraction of sp³-hybridized carbons (Fsp3) is 0.333. The first kappa shape index (κ1) is 14.9. The van der Waals surface area contributed by atoms with E-state index in [4.69, 9.17) is 18.9 Å². The van der Waals surface area contributed by atoms with Crippen LogP contribution in [0.3, 0.4) is 0 Å². The zero-order valence-electron chi connectivity index (χ0n) is 12.6. The molecule has 2 unspecified atom stereocenters. The fourth-order valence-corrected chi connectivity index (χ4v) is 3.01. The van der Waals surface area contributed by atoms with Crippen LogP contribution < -0.4 is 9.47 Å². The van der Waals surface area contributed by atoms with Gasteiger partial charge in [0.15, 0.2) is 0 Å². The van der Waals surface area contributed by atoms with Crippen molar-refractivity contribution >= 4 is 11.8 Å². The highest BCUT2D eigenvalue weighted by Gasteiger charge is 2.23. The largest absolute Gasteiger partial charge is 0.491 e. The molecule has 2 atom stereocenters. The molecule has 0 radical (unpaired) electrons. The number of rotatable bonds is 8. The molecule has 2 aromatic carbocycles. The Balaban J connectivity index is 1.37. The molecule has 4 rings (SSSR count). The van der Waals surface area contributed by atoms with Gasteiger partial charge >= 0.3 is 0 Å². The Bertz CT molecular complexity index is 610. The van der Waals surface area contributed by atoms with Crippen LogP contribution in [0, 0.1) is 0 Å². The molecule has 2 saturated heterocycles. The van der Waals surface area contributed by atoms with Crippen molar-refractivity contribution in [3.63, 3.8) is 0 Å². The Morgan fingerprint density at radius 1 is 0.826 bits per heavy atom. The minimum Gasteiger partial charge on any atom is -0.491 e. The quantitative estimate of drug-likeness (QED) is 0.694. The predicted molar refractivity (Wildman–Crippen MR) is 87.5 cm³/mol. The van der Waals surface area contributed by atoms with E-state index in [1.165, 1.54) is 0 Å². The predicted octanol–water partition coefficient (Wildman–Crippen LogP) is 3.39. The summed E-state index contributed by atoms with van der Waals surface area (Å²) in [6, 6.07) is 16.2. The highest BCUT2D eigenvalue weighted by atomic mass is 32.2. The summed E-state index contributed by atoms with van der Waals surface area (Å²) in [5, 5.41) is 0. The Labute approximate surface area is 139 Å².